The van der Waals surface area contributed by atoms with Gasteiger partial charge < -0.3 is 14.5 Å². The van der Waals surface area contributed by atoms with Gasteiger partial charge in [-0.05, 0) is 56.4 Å². The molecule has 1 saturated heterocycles. The van der Waals surface area contributed by atoms with Crippen molar-refractivity contribution in [3.63, 3.8) is 0 Å². The molecule has 29 heavy (non-hydrogen) atoms. The molecule has 156 valence electrons. The van der Waals surface area contributed by atoms with E-state index in [0.717, 1.165) is 13.1 Å². The maximum Gasteiger partial charge on any atom is 0.265 e. The van der Waals surface area contributed by atoms with Gasteiger partial charge in [0.25, 0.3) is 15.9 Å². The van der Waals surface area contributed by atoms with Crippen molar-refractivity contribution in [2.24, 2.45) is 0 Å². The van der Waals surface area contributed by atoms with Gasteiger partial charge in [0.15, 0.2) is 0 Å². The van der Waals surface area contributed by atoms with Crippen LogP contribution in [-0.2, 0) is 10.0 Å². The Kier molecular flexibility index (Phi) is 6.66. The van der Waals surface area contributed by atoms with Gasteiger partial charge in [0.1, 0.15) is 10.6 Å². The summed E-state index contributed by atoms with van der Waals surface area (Å²) in [6.45, 7) is 5.13. The SMILES string of the molecule is CCOc1ccc(Cl)cc1S(=O)(=O)Nc1ccc(C(=O)N2CCN(C)CC2)cc1. The number of hydrogen-bond donors (Lipinski definition) is 1. The molecule has 2 aromatic rings. The highest BCUT2D eigenvalue weighted by molar-refractivity contribution is 7.92. The summed E-state index contributed by atoms with van der Waals surface area (Å²) < 4.78 is 33.6. The fraction of sp³-hybridized carbons (Fsp3) is 0.350. The first-order chi connectivity index (χ1) is 13.8. The Hall–Kier alpha value is -2.29. The molecule has 0 saturated carbocycles. The zero-order chi connectivity index (χ0) is 21.0. The van der Waals surface area contributed by atoms with Crippen molar-refractivity contribution in [3.05, 3.63) is 53.1 Å². The van der Waals surface area contributed by atoms with Gasteiger partial charge in [-0.1, -0.05) is 11.6 Å². The van der Waals surface area contributed by atoms with E-state index in [4.69, 9.17) is 16.3 Å². The molecule has 1 fully saturated rings. The van der Waals surface area contributed by atoms with Crippen molar-refractivity contribution >= 4 is 33.2 Å². The number of sulfonamides is 1. The molecule has 0 atom stereocenters. The number of halogens is 1. The number of piperazine rings is 1. The number of hydrogen-bond acceptors (Lipinski definition) is 5. The summed E-state index contributed by atoms with van der Waals surface area (Å²) in [4.78, 5) is 16.6. The van der Waals surface area contributed by atoms with Crippen LogP contribution in [0.3, 0.4) is 0 Å². The van der Waals surface area contributed by atoms with Gasteiger partial charge in [-0.25, -0.2) is 8.42 Å². The van der Waals surface area contributed by atoms with Gasteiger partial charge in [-0.15, -0.1) is 0 Å². The van der Waals surface area contributed by atoms with Crippen molar-refractivity contribution < 1.29 is 17.9 Å². The van der Waals surface area contributed by atoms with E-state index in [9.17, 15) is 13.2 Å². The standard InChI is InChI=1S/C20H24ClN3O4S/c1-3-28-18-9-6-16(21)14-19(18)29(26,27)22-17-7-4-15(5-8-17)20(25)24-12-10-23(2)11-13-24/h4-9,14,22H,3,10-13H2,1-2H3. The lowest BCUT2D eigenvalue weighted by Gasteiger charge is -2.32. The number of anilines is 1. The number of carbonyl (C=O) groups excluding carboxylic acids is 1. The molecule has 0 radical (unpaired) electrons. The third-order valence-electron chi connectivity index (χ3n) is 4.67. The van der Waals surface area contributed by atoms with E-state index < -0.39 is 10.0 Å². The predicted octanol–water partition coefficient (Wildman–Crippen LogP) is 2.93. The minimum atomic E-state index is -3.91. The molecule has 1 amide bonds. The van der Waals surface area contributed by atoms with Crippen molar-refractivity contribution in [2.75, 3.05) is 44.6 Å². The maximum absolute atomic E-state index is 12.8. The first kappa shape index (κ1) is 21.4. The molecule has 1 N–H and O–H groups in total. The predicted molar refractivity (Wildman–Crippen MR) is 113 cm³/mol. The molecule has 2 aromatic carbocycles. The average molecular weight is 438 g/mol. The highest BCUT2D eigenvalue weighted by atomic mass is 35.5. The van der Waals surface area contributed by atoms with Crippen LogP contribution < -0.4 is 9.46 Å². The Morgan fingerprint density at radius 3 is 2.38 bits per heavy atom. The molecule has 0 bridgehead atoms. The molecular weight excluding hydrogens is 414 g/mol. The summed E-state index contributed by atoms with van der Waals surface area (Å²) in [5, 5.41) is 0.293. The van der Waals surface area contributed by atoms with E-state index in [1.807, 2.05) is 7.05 Å². The van der Waals surface area contributed by atoms with Gasteiger partial charge in [-0.3, -0.25) is 9.52 Å². The highest BCUT2D eigenvalue weighted by Gasteiger charge is 2.22. The summed E-state index contributed by atoms with van der Waals surface area (Å²) >= 11 is 5.97. The second kappa shape index (κ2) is 9.02. The Bertz CT molecular complexity index is 972. The fourth-order valence-corrected chi connectivity index (χ4v) is 4.52. The fourth-order valence-electron chi connectivity index (χ4n) is 3.05. The smallest absolute Gasteiger partial charge is 0.265 e. The average Bonchev–Trinajstić information content (AvgIpc) is 2.70. The third-order valence-corrected chi connectivity index (χ3v) is 6.31. The zero-order valence-electron chi connectivity index (χ0n) is 16.4. The van der Waals surface area contributed by atoms with E-state index in [1.54, 1.807) is 42.2 Å². The lowest BCUT2D eigenvalue weighted by molar-refractivity contribution is 0.0664. The molecule has 0 spiro atoms. The summed E-state index contributed by atoms with van der Waals surface area (Å²) in [5.41, 5.74) is 0.873. The maximum atomic E-state index is 12.8. The van der Waals surface area contributed by atoms with Crippen LogP contribution in [0.25, 0.3) is 0 Å². The zero-order valence-corrected chi connectivity index (χ0v) is 18.0. The Balaban J connectivity index is 1.75. The van der Waals surface area contributed by atoms with Gasteiger partial charge in [0.2, 0.25) is 0 Å². The first-order valence-electron chi connectivity index (χ1n) is 9.33. The molecule has 1 aliphatic heterocycles. The number of likely N-dealkylation sites (N-methyl/N-ethyl adjacent to an activating group) is 1. The van der Waals surface area contributed by atoms with Gasteiger partial charge >= 0.3 is 0 Å². The lowest BCUT2D eigenvalue weighted by Crippen LogP contribution is -2.47. The minimum absolute atomic E-state index is 0.0376. The van der Waals surface area contributed by atoms with E-state index in [1.165, 1.54) is 12.1 Å². The normalized spacial score (nSPS) is 15.2. The van der Waals surface area contributed by atoms with Crippen LogP contribution in [0.4, 0.5) is 5.69 Å². The van der Waals surface area contributed by atoms with Gasteiger partial charge in [0, 0.05) is 42.5 Å². The molecule has 3 rings (SSSR count). The number of nitrogens with zero attached hydrogens (tertiary/aromatic N) is 2. The van der Waals surface area contributed by atoms with Crippen LogP contribution >= 0.6 is 11.6 Å². The summed E-state index contributed by atoms with van der Waals surface area (Å²) in [5.74, 6) is 0.173. The van der Waals surface area contributed by atoms with Crippen LogP contribution in [-0.4, -0.2) is 64.0 Å². The number of rotatable bonds is 6. The quantitative estimate of drug-likeness (QED) is 0.751. The summed E-state index contributed by atoms with van der Waals surface area (Å²) in [7, 11) is -1.88. The second-order valence-corrected chi connectivity index (χ2v) is 8.89. The van der Waals surface area contributed by atoms with Crippen molar-refractivity contribution in [2.45, 2.75) is 11.8 Å². The topological polar surface area (TPSA) is 78.9 Å². The number of ether oxygens (including phenoxy) is 1. The molecule has 1 aliphatic rings. The Labute approximate surface area is 176 Å². The van der Waals surface area contributed by atoms with Crippen molar-refractivity contribution in [1.29, 1.82) is 0 Å². The van der Waals surface area contributed by atoms with Crippen molar-refractivity contribution in [3.8, 4) is 5.75 Å². The largest absolute Gasteiger partial charge is 0.492 e. The Morgan fingerprint density at radius 1 is 1.10 bits per heavy atom. The summed E-state index contributed by atoms with van der Waals surface area (Å²) in [6.07, 6.45) is 0. The Morgan fingerprint density at radius 2 is 1.76 bits per heavy atom. The van der Waals surface area contributed by atoms with Crippen LogP contribution in [0.5, 0.6) is 5.75 Å². The molecular formula is C20H24ClN3O4S. The van der Waals surface area contributed by atoms with Crippen LogP contribution in [0, 0.1) is 0 Å². The number of carbonyl (C=O) groups is 1. The van der Waals surface area contributed by atoms with E-state index >= 15 is 0 Å². The monoisotopic (exact) mass is 437 g/mol. The van der Waals surface area contributed by atoms with E-state index in [2.05, 4.69) is 9.62 Å². The molecule has 7 nitrogen and oxygen atoms in total. The minimum Gasteiger partial charge on any atom is -0.492 e. The summed E-state index contributed by atoms with van der Waals surface area (Å²) in [6, 6.07) is 10.8. The van der Waals surface area contributed by atoms with E-state index in [-0.39, 0.29) is 16.6 Å². The number of amides is 1. The van der Waals surface area contributed by atoms with Gasteiger partial charge in [0.05, 0.1) is 6.61 Å². The molecule has 9 heteroatoms. The van der Waals surface area contributed by atoms with Crippen LogP contribution in [0.2, 0.25) is 5.02 Å². The molecule has 1 heterocycles. The number of benzene rings is 2. The van der Waals surface area contributed by atoms with Gasteiger partial charge in [-0.2, -0.15) is 0 Å². The lowest BCUT2D eigenvalue weighted by atomic mass is 10.1. The first-order valence-corrected chi connectivity index (χ1v) is 11.2. The molecule has 0 unspecified atom stereocenters. The van der Waals surface area contributed by atoms with E-state index in [0.29, 0.717) is 36.0 Å². The third kappa shape index (κ3) is 5.20. The second-order valence-electron chi connectivity index (χ2n) is 6.80. The molecule has 0 aromatic heterocycles. The number of nitrogens with one attached hydrogen (secondary N) is 1. The van der Waals surface area contributed by atoms with Crippen molar-refractivity contribution in [1.82, 2.24) is 9.80 Å². The molecule has 0 aliphatic carbocycles. The van der Waals surface area contributed by atoms with Crippen LogP contribution in [0.1, 0.15) is 17.3 Å². The van der Waals surface area contributed by atoms with Crippen LogP contribution in [0.15, 0.2) is 47.4 Å². The highest BCUT2D eigenvalue weighted by Crippen LogP contribution is 2.29.